The van der Waals surface area contributed by atoms with Gasteiger partial charge in [0.05, 0.1) is 8.95 Å². The summed E-state index contributed by atoms with van der Waals surface area (Å²) in [5.74, 6) is -0.979. The van der Waals surface area contributed by atoms with Crippen molar-refractivity contribution in [2.75, 3.05) is 0 Å². The van der Waals surface area contributed by atoms with Crippen molar-refractivity contribution in [3.05, 3.63) is 54.7 Å². The standard InChI is InChI=1S/C13H7ClINOS/c14-10-3-1-2-8(4-10)11(6-16)13(17)9-5-12(15)18-7-9/h1-5,7,11H. The van der Waals surface area contributed by atoms with Gasteiger partial charge in [-0.05, 0) is 46.4 Å². The fourth-order valence-electron chi connectivity index (χ4n) is 1.58. The molecule has 2 aromatic rings. The van der Waals surface area contributed by atoms with Gasteiger partial charge in [-0.15, -0.1) is 11.3 Å². The number of hydrogen-bond donors (Lipinski definition) is 0. The lowest BCUT2D eigenvalue weighted by atomic mass is 9.93. The molecule has 1 unspecified atom stereocenters. The number of rotatable bonds is 3. The van der Waals surface area contributed by atoms with Gasteiger partial charge in [0.25, 0.3) is 0 Å². The van der Waals surface area contributed by atoms with Crippen LogP contribution in [0.1, 0.15) is 21.8 Å². The second-order valence-electron chi connectivity index (χ2n) is 3.62. The molecule has 0 amide bonds. The predicted molar refractivity (Wildman–Crippen MR) is 81.2 cm³/mol. The normalized spacial score (nSPS) is 11.8. The molecule has 1 aromatic heterocycles. The third-order valence-corrected chi connectivity index (χ3v) is 4.45. The maximum Gasteiger partial charge on any atom is 0.185 e. The minimum atomic E-state index is -0.797. The molecule has 0 aliphatic heterocycles. The Kier molecular flexibility index (Phi) is 4.38. The number of halogens is 2. The first-order valence-corrected chi connectivity index (χ1v) is 7.39. The third kappa shape index (κ3) is 2.91. The zero-order chi connectivity index (χ0) is 13.1. The Hall–Kier alpha value is -0.900. The third-order valence-electron chi connectivity index (χ3n) is 2.43. The Morgan fingerprint density at radius 3 is 2.78 bits per heavy atom. The largest absolute Gasteiger partial charge is 0.292 e. The fraction of sp³-hybridized carbons (Fsp3) is 0.0769. The van der Waals surface area contributed by atoms with E-state index in [0.29, 0.717) is 16.1 Å². The summed E-state index contributed by atoms with van der Waals surface area (Å²) in [6, 6.07) is 10.7. The second-order valence-corrected chi connectivity index (χ2v) is 6.86. The molecule has 0 aliphatic rings. The maximum atomic E-state index is 12.2. The zero-order valence-corrected chi connectivity index (χ0v) is 12.8. The van der Waals surface area contributed by atoms with E-state index in [1.807, 2.05) is 6.07 Å². The van der Waals surface area contributed by atoms with Crippen molar-refractivity contribution >= 4 is 51.3 Å². The molecule has 1 aromatic carbocycles. The van der Waals surface area contributed by atoms with Crippen molar-refractivity contribution in [1.82, 2.24) is 0 Å². The molecule has 0 radical (unpaired) electrons. The van der Waals surface area contributed by atoms with E-state index in [1.54, 1.807) is 35.7 Å². The molecule has 5 heteroatoms. The van der Waals surface area contributed by atoms with Gasteiger partial charge in [0.2, 0.25) is 0 Å². The van der Waals surface area contributed by atoms with Crippen LogP contribution in [0.2, 0.25) is 5.02 Å². The van der Waals surface area contributed by atoms with Crippen LogP contribution in [0.25, 0.3) is 0 Å². The number of thiophene rings is 1. The molecular weight excluding hydrogens is 381 g/mol. The van der Waals surface area contributed by atoms with Crippen LogP contribution in [0, 0.1) is 14.2 Å². The number of ketones is 1. The molecule has 0 saturated heterocycles. The number of benzene rings is 1. The lowest BCUT2D eigenvalue weighted by Gasteiger charge is -2.07. The van der Waals surface area contributed by atoms with Crippen molar-refractivity contribution < 1.29 is 4.79 Å². The van der Waals surface area contributed by atoms with Crippen molar-refractivity contribution in [3.63, 3.8) is 0 Å². The van der Waals surface area contributed by atoms with E-state index in [1.165, 1.54) is 11.3 Å². The van der Waals surface area contributed by atoms with E-state index < -0.39 is 5.92 Å². The van der Waals surface area contributed by atoms with E-state index in [0.717, 1.165) is 2.88 Å². The summed E-state index contributed by atoms with van der Waals surface area (Å²) in [5, 5.41) is 11.5. The highest BCUT2D eigenvalue weighted by molar-refractivity contribution is 14.1. The summed E-state index contributed by atoms with van der Waals surface area (Å²) in [6.45, 7) is 0. The summed E-state index contributed by atoms with van der Waals surface area (Å²) in [7, 11) is 0. The highest BCUT2D eigenvalue weighted by atomic mass is 127. The number of nitriles is 1. The molecule has 0 spiro atoms. The van der Waals surface area contributed by atoms with Crippen LogP contribution in [0.4, 0.5) is 0 Å². The van der Waals surface area contributed by atoms with Gasteiger partial charge in [0.1, 0.15) is 5.92 Å². The Balaban J connectivity index is 2.35. The Bertz CT molecular complexity index is 632. The van der Waals surface area contributed by atoms with E-state index >= 15 is 0 Å². The molecular formula is C13H7ClINOS. The molecule has 90 valence electrons. The Morgan fingerprint density at radius 2 is 2.22 bits per heavy atom. The van der Waals surface area contributed by atoms with Crippen LogP contribution in [0.5, 0.6) is 0 Å². The minimum absolute atomic E-state index is 0.182. The van der Waals surface area contributed by atoms with Gasteiger partial charge < -0.3 is 0 Å². The van der Waals surface area contributed by atoms with Gasteiger partial charge in [-0.2, -0.15) is 5.26 Å². The molecule has 1 atom stereocenters. The molecule has 0 aliphatic carbocycles. The Morgan fingerprint density at radius 1 is 1.44 bits per heavy atom. The van der Waals surface area contributed by atoms with E-state index in [2.05, 4.69) is 22.6 Å². The first kappa shape index (κ1) is 13.5. The quantitative estimate of drug-likeness (QED) is 0.575. The van der Waals surface area contributed by atoms with E-state index in [9.17, 15) is 10.1 Å². The van der Waals surface area contributed by atoms with Crippen LogP contribution >= 0.6 is 45.5 Å². The zero-order valence-electron chi connectivity index (χ0n) is 9.06. The summed E-state index contributed by atoms with van der Waals surface area (Å²) < 4.78 is 1.03. The van der Waals surface area contributed by atoms with E-state index in [4.69, 9.17) is 11.6 Å². The average Bonchev–Trinajstić information content (AvgIpc) is 2.77. The number of hydrogen-bond acceptors (Lipinski definition) is 3. The summed E-state index contributed by atoms with van der Waals surface area (Å²) >= 11 is 9.52. The molecule has 1 heterocycles. The SMILES string of the molecule is N#CC(C(=O)c1csc(I)c1)c1cccc(Cl)c1. The van der Waals surface area contributed by atoms with Crippen LogP contribution in [-0.4, -0.2) is 5.78 Å². The van der Waals surface area contributed by atoms with Gasteiger partial charge in [-0.25, -0.2) is 0 Å². The smallest absolute Gasteiger partial charge is 0.185 e. The number of nitrogens with zero attached hydrogens (tertiary/aromatic N) is 1. The average molecular weight is 388 g/mol. The van der Waals surface area contributed by atoms with Crippen LogP contribution < -0.4 is 0 Å². The van der Waals surface area contributed by atoms with Crippen molar-refractivity contribution in [3.8, 4) is 6.07 Å². The monoisotopic (exact) mass is 387 g/mol. The van der Waals surface area contributed by atoms with Crippen LogP contribution in [-0.2, 0) is 0 Å². The Labute approximate surface area is 127 Å². The van der Waals surface area contributed by atoms with E-state index in [-0.39, 0.29) is 5.78 Å². The van der Waals surface area contributed by atoms with Gasteiger partial charge in [0, 0.05) is 16.0 Å². The highest BCUT2D eigenvalue weighted by Crippen LogP contribution is 2.26. The molecule has 0 bridgehead atoms. The van der Waals surface area contributed by atoms with Gasteiger partial charge in [0.15, 0.2) is 5.78 Å². The summed E-state index contributed by atoms with van der Waals surface area (Å²) in [4.78, 5) is 12.2. The molecule has 0 N–H and O–H groups in total. The first-order chi connectivity index (χ1) is 8.61. The molecule has 2 nitrogen and oxygen atoms in total. The molecule has 0 fully saturated rings. The van der Waals surface area contributed by atoms with Crippen molar-refractivity contribution in [1.29, 1.82) is 5.26 Å². The lowest BCUT2D eigenvalue weighted by Crippen LogP contribution is -2.10. The number of carbonyl (C=O) groups excluding carboxylic acids is 1. The molecule has 2 rings (SSSR count). The van der Waals surface area contributed by atoms with Crippen molar-refractivity contribution in [2.24, 2.45) is 0 Å². The predicted octanol–water partition coefficient (Wildman–Crippen LogP) is 4.50. The number of Topliss-reactive ketones (excluding diaryl/α,β-unsaturated/α-hetero) is 1. The molecule has 18 heavy (non-hydrogen) atoms. The number of carbonyl (C=O) groups is 1. The van der Waals surface area contributed by atoms with Gasteiger partial charge >= 0.3 is 0 Å². The highest BCUT2D eigenvalue weighted by Gasteiger charge is 2.22. The summed E-state index contributed by atoms with van der Waals surface area (Å²) in [5.41, 5.74) is 1.21. The minimum Gasteiger partial charge on any atom is -0.292 e. The topological polar surface area (TPSA) is 40.9 Å². The molecule has 0 saturated carbocycles. The summed E-state index contributed by atoms with van der Waals surface area (Å²) in [6.07, 6.45) is 0. The van der Waals surface area contributed by atoms with Crippen LogP contribution in [0.3, 0.4) is 0 Å². The second kappa shape index (κ2) is 5.83. The van der Waals surface area contributed by atoms with Gasteiger partial charge in [-0.3, -0.25) is 4.79 Å². The first-order valence-electron chi connectivity index (χ1n) is 5.05. The lowest BCUT2D eigenvalue weighted by molar-refractivity contribution is 0.0979. The van der Waals surface area contributed by atoms with Crippen molar-refractivity contribution in [2.45, 2.75) is 5.92 Å². The maximum absolute atomic E-state index is 12.2. The van der Waals surface area contributed by atoms with Crippen LogP contribution in [0.15, 0.2) is 35.7 Å². The van der Waals surface area contributed by atoms with Gasteiger partial charge in [-0.1, -0.05) is 23.7 Å². The fourth-order valence-corrected chi connectivity index (χ4v) is 3.11.